The molecular formula is C16H35N3. The maximum atomic E-state index is 3.58. The Hall–Kier alpha value is -0.120. The van der Waals surface area contributed by atoms with Crippen LogP contribution in [0.3, 0.4) is 0 Å². The fourth-order valence-electron chi connectivity index (χ4n) is 2.89. The molecule has 3 nitrogen and oxygen atoms in total. The van der Waals surface area contributed by atoms with Crippen molar-refractivity contribution in [2.45, 2.75) is 71.0 Å². The van der Waals surface area contributed by atoms with E-state index in [4.69, 9.17) is 0 Å². The molecule has 114 valence electrons. The molecule has 0 bridgehead atoms. The van der Waals surface area contributed by atoms with Gasteiger partial charge in [0.1, 0.15) is 0 Å². The van der Waals surface area contributed by atoms with E-state index in [9.17, 15) is 0 Å². The molecule has 1 heterocycles. The minimum Gasteiger partial charge on any atom is -0.312 e. The van der Waals surface area contributed by atoms with E-state index in [-0.39, 0.29) is 5.54 Å². The zero-order chi connectivity index (χ0) is 14.5. The molecule has 0 saturated carbocycles. The maximum Gasteiger partial charge on any atom is 0.0113 e. The first kappa shape index (κ1) is 16.9. The fraction of sp³-hybridized carbons (Fsp3) is 1.00. The second-order valence-electron chi connectivity index (χ2n) is 7.40. The van der Waals surface area contributed by atoms with Crippen molar-refractivity contribution in [3.05, 3.63) is 0 Å². The van der Waals surface area contributed by atoms with Gasteiger partial charge in [0.15, 0.2) is 0 Å². The van der Waals surface area contributed by atoms with E-state index in [1.807, 2.05) is 0 Å². The summed E-state index contributed by atoms with van der Waals surface area (Å²) in [6.45, 7) is 12.8. The van der Waals surface area contributed by atoms with E-state index in [1.54, 1.807) is 0 Å². The Labute approximate surface area is 120 Å². The Bertz CT molecular complexity index is 237. The molecule has 0 aliphatic carbocycles. The van der Waals surface area contributed by atoms with Crippen molar-refractivity contribution in [2.24, 2.45) is 0 Å². The second-order valence-corrected chi connectivity index (χ2v) is 7.40. The van der Waals surface area contributed by atoms with Crippen LogP contribution in [0.1, 0.15) is 53.4 Å². The summed E-state index contributed by atoms with van der Waals surface area (Å²) in [5.41, 5.74) is 0.257. The molecule has 3 heteroatoms. The molecule has 0 spiro atoms. The highest BCUT2D eigenvalue weighted by atomic mass is 15.2. The minimum atomic E-state index is 0.257. The van der Waals surface area contributed by atoms with Crippen LogP contribution in [-0.4, -0.2) is 61.2 Å². The van der Waals surface area contributed by atoms with Gasteiger partial charge in [0.2, 0.25) is 0 Å². The van der Waals surface area contributed by atoms with Gasteiger partial charge in [0.05, 0.1) is 0 Å². The zero-order valence-corrected chi connectivity index (χ0v) is 14.0. The molecule has 1 saturated heterocycles. The van der Waals surface area contributed by atoms with Crippen molar-refractivity contribution in [1.29, 1.82) is 0 Å². The third kappa shape index (κ3) is 6.73. The number of nitrogens with zero attached hydrogens (tertiary/aromatic N) is 2. The SMILES string of the molecule is CC(CCCNC(C)(C)C)N1CCC(N(C)C)CC1. The highest BCUT2D eigenvalue weighted by Crippen LogP contribution is 2.18. The molecule has 1 fully saturated rings. The summed E-state index contributed by atoms with van der Waals surface area (Å²) >= 11 is 0. The molecule has 0 aromatic heterocycles. The van der Waals surface area contributed by atoms with Crippen LogP contribution in [0.25, 0.3) is 0 Å². The Balaban J connectivity index is 2.15. The van der Waals surface area contributed by atoms with E-state index in [0.29, 0.717) is 0 Å². The van der Waals surface area contributed by atoms with Crippen molar-refractivity contribution in [2.75, 3.05) is 33.7 Å². The number of piperidine rings is 1. The largest absolute Gasteiger partial charge is 0.312 e. The molecule has 1 aliphatic heterocycles. The van der Waals surface area contributed by atoms with Crippen molar-refractivity contribution < 1.29 is 0 Å². The zero-order valence-electron chi connectivity index (χ0n) is 14.0. The van der Waals surface area contributed by atoms with Gasteiger partial charge in [-0.2, -0.15) is 0 Å². The van der Waals surface area contributed by atoms with Crippen LogP contribution < -0.4 is 5.32 Å². The normalized spacial score (nSPS) is 21.0. The quantitative estimate of drug-likeness (QED) is 0.748. The van der Waals surface area contributed by atoms with Crippen molar-refractivity contribution in [1.82, 2.24) is 15.1 Å². The van der Waals surface area contributed by atoms with Crippen LogP contribution in [-0.2, 0) is 0 Å². The third-order valence-electron chi connectivity index (χ3n) is 4.31. The average molecular weight is 269 g/mol. The van der Waals surface area contributed by atoms with Gasteiger partial charge < -0.3 is 15.1 Å². The standard InChI is InChI=1S/C16H35N3/c1-14(8-7-11-17-16(2,3)4)19-12-9-15(10-13-19)18(5)6/h14-15,17H,7-13H2,1-6H3. The smallest absolute Gasteiger partial charge is 0.0113 e. The molecule has 1 unspecified atom stereocenters. The molecule has 1 aliphatic rings. The van der Waals surface area contributed by atoms with Crippen LogP contribution in [0.15, 0.2) is 0 Å². The van der Waals surface area contributed by atoms with Crippen molar-refractivity contribution >= 4 is 0 Å². The van der Waals surface area contributed by atoms with Gasteiger partial charge in [-0.3, -0.25) is 0 Å². The minimum absolute atomic E-state index is 0.257. The lowest BCUT2D eigenvalue weighted by atomic mass is 10.0. The van der Waals surface area contributed by atoms with Crippen LogP contribution in [0.4, 0.5) is 0 Å². The molecule has 0 aromatic carbocycles. The summed E-state index contributed by atoms with van der Waals surface area (Å²) in [7, 11) is 4.42. The van der Waals surface area contributed by atoms with E-state index in [0.717, 1.165) is 18.6 Å². The molecule has 19 heavy (non-hydrogen) atoms. The lowest BCUT2D eigenvalue weighted by molar-refractivity contribution is 0.110. The number of rotatable bonds is 6. The lowest BCUT2D eigenvalue weighted by Gasteiger charge is -2.38. The third-order valence-corrected chi connectivity index (χ3v) is 4.31. The topological polar surface area (TPSA) is 18.5 Å². The Morgan fingerprint density at radius 1 is 1.21 bits per heavy atom. The Morgan fingerprint density at radius 2 is 1.79 bits per heavy atom. The number of nitrogens with one attached hydrogen (secondary N) is 1. The molecule has 0 aromatic rings. The van der Waals surface area contributed by atoms with Crippen LogP contribution in [0.5, 0.6) is 0 Å². The first-order chi connectivity index (χ1) is 8.79. The fourth-order valence-corrected chi connectivity index (χ4v) is 2.89. The van der Waals surface area contributed by atoms with Crippen LogP contribution >= 0.6 is 0 Å². The summed E-state index contributed by atoms with van der Waals surface area (Å²) in [4.78, 5) is 5.06. The molecular weight excluding hydrogens is 234 g/mol. The highest BCUT2D eigenvalue weighted by molar-refractivity contribution is 4.80. The lowest BCUT2D eigenvalue weighted by Crippen LogP contribution is -2.45. The first-order valence-corrected chi connectivity index (χ1v) is 7.95. The summed E-state index contributed by atoms with van der Waals surface area (Å²) in [5, 5.41) is 3.58. The maximum absolute atomic E-state index is 3.58. The van der Waals surface area contributed by atoms with Gasteiger partial charge in [-0.15, -0.1) is 0 Å². The van der Waals surface area contributed by atoms with Gasteiger partial charge >= 0.3 is 0 Å². The molecule has 0 amide bonds. The average Bonchev–Trinajstić information content (AvgIpc) is 2.33. The summed E-state index contributed by atoms with van der Waals surface area (Å²) in [6.07, 6.45) is 5.26. The van der Waals surface area contributed by atoms with Gasteiger partial charge in [0, 0.05) is 17.6 Å². The first-order valence-electron chi connectivity index (χ1n) is 7.95. The molecule has 1 rings (SSSR count). The van der Waals surface area contributed by atoms with Gasteiger partial charge in [-0.25, -0.2) is 0 Å². The van der Waals surface area contributed by atoms with E-state index >= 15 is 0 Å². The van der Waals surface area contributed by atoms with E-state index in [1.165, 1.54) is 38.8 Å². The van der Waals surface area contributed by atoms with E-state index < -0.39 is 0 Å². The van der Waals surface area contributed by atoms with E-state index in [2.05, 4.69) is 56.9 Å². The number of hydrogen-bond acceptors (Lipinski definition) is 3. The molecule has 1 N–H and O–H groups in total. The molecule has 1 atom stereocenters. The second kappa shape index (κ2) is 7.61. The summed E-state index contributed by atoms with van der Waals surface area (Å²) in [6, 6.07) is 1.54. The number of likely N-dealkylation sites (tertiary alicyclic amines) is 1. The van der Waals surface area contributed by atoms with Crippen LogP contribution in [0.2, 0.25) is 0 Å². The summed E-state index contributed by atoms with van der Waals surface area (Å²) in [5.74, 6) is 0. The Morgan fingerprint density at radius 3 is 2.26 bits per heavy atom. The van der Waals surface area contributed by atoms with Gasteiger partial charge in [-0.1, -0.05) is 0 Å². The van der Waals surface area contributed by atoms with Crippen molar-refractivity contribution in [3.63, 3.8) is 0 Å². The van der Waals surface area contributed by atoms with Gasteiger partial charge in [-0.05, 0) is 87.1 Å². The monoisotopic (exact) mass is 269 g/mol. The summed E-state index contributed by atoms with van der Waals surface area (Å²) < 4.78 is 0. The van der Waals surface area contributed by atoms with Crippen LogP contribution in [0, 0.1) is 0 Å². The predicted molar refractivity (Wildman–Crippen MR) is 84.7 cm³/mol. The van der Waals surface area contributed by atoms with Crippen molar-refractivity contribution in [3.8, 4) is 0 Å². The molecule has 0 radical (unpaired) electrons. The van der Waals surface area contributed by atoms with Gasteiger partial charge in [0.25, 0.3) is 0 Å². The predicted octanol–water partition coefficient (Wildman–Crippen LogP) is 2.57. The highest BCUT2D eigenvalue weighted by Gasteiger charge is 2.23. The number of hydrogen-bond donors (Lipinski definition) is 1. The Kier molecular flexibility index (Phi) is 6.78.